The number of nitrogens with zero attached hydrogens (tertiary/aromatic N) is 1. The van der Waals surface area contributed by atoms with Crippen molar-refractivity contribution in [2.75, 3.05) is 30.0 Å². The number of carbonyl (C=O) groups excluding carboxylic acids is 1. The Hall–Kier alpha value is -2.54. The number of rotatable bonds is 5. The van der Waals surface area contributed by atoms with E-state index in [1.54, 1.807) is 49.6 Å². The Bertz CT molecular complexity index is 818. The van der Waals surface area contributed by atoms with Crippen molar-refractivity contribution >= 4 is 27.3 Å². The number of hydrogen-bond donors (Lipinski definition) is 1. The van der Waals surface area contributed by atoms with Gasteiger partial charge < -0.3 is 10.1 Å². The van der Waals surface area contributed by atoms with Crippen LogP contribution < -0.4 is 14.4 Å². The zero-order valence-corrected chi connectivity index (χ0v) is 13.9. The van der Waals surface area contributed by atoms with E-state index in [9.17, 15) is 13.2 Å². The summed E-state index contributed by atoms with van der Waals surface area (Å²) in [5.74, 6) is 0.301. The lowest BCUT2D eigenvalue weighted by molar-refractivity contribution is 0.102. The van der Waals surface area contributed by atoms with E-state index < -0.39 is 10.0 Å². The predicted octanol–water partition coefficient (Wildman–Crippen LogP) is 2.34. The maximum atomic E-state index is 12.3. The third-order valence-electron chi connectivity index (χ3n) is 3.30. The maximum Gasteiger partial charge on any atom is 0.255 e. The summed E-state index contributed by atoms with van der Waals surface area (Å²) in [5.41, 5.74) is 1.38. The summed E-state index contributed by atoms with van der Waals surface area (Å²) in [6, 6.07) is 13.4. The van der Waals surface area contributed by atoms with E-state index in [1.165, 1.54) is 13.1 Å². The zero-order chi connectivity index (χ0) is 17.0. The number of hydrogen-bond acceptors (Lipinski definition) is 4. The number of nitrogens with one attached hydrogen (secondary N) is 1. The SMILES string of the molecule is COc1cccc(NC(=O)c2cccc(N(C)S(C)(=O)=O)c2)c1. The van der Waals surface area contributed by atoms with E-state index in [0.717, 1.165) is 10.6 Å². The number of methoxy groups -OCH3 is 1. The molecule has 7 heteroatoms. The molecule has 122 valence electrons. The summed E-state index contributed by atoms with van der Waals surface area (Å²) < 4.78 is 29.4. The molecule has 0 aliphatic carbocycles. The van der Waals surface area contributed by atoms with Gasteiger partial charge in [0.1, 0.15) is 5.75 Å². The van der Waals surface area contributed by atoms with Crippen LogP contribution in [0.2, 0.25) is 0 Å². The van der Waals surface area contributed by atoms with Gasteiger partial charge in [-0.25, -0.2) is 8.42 Å². The van der Waals surface area contributed by atoms with Gasteiger partial charge in [0.05, 0.1) is 19.1 Å². The van der Waals surface area contributed by atoms with Crippen molar-refractivity contribution in [3.8, 4) is 5.75 Å². The van der Waals surface area contributed by atoms with Crippen molar-refractivity contribution in [1.29, 1.82) is 0 Å². The molecule has 2 aromatic rings. The van der Waals surface area contributed by atoms with Gasteiger partial charge in [-0.2, -0.15) is 0 Å². The quantitative estimate of drug-likeness (QED) is 0.910. The minimum Gasteiger partial charge on any atom is -0.497 e. The molecule has 0 aliphatic rings. The first-order chi connectivity index (χ1) is 10.8. The Morgan fingerprint density at radius 3 is 2.48 bits per heavy atom. The van der Waals surface area contributed by atoms with E-state index in [4.69, 9.17) is 4.74 Å². The van der Waals surface area contributed by atoms with E-state index in [0.29, 0.717) is 22.7 Å². The lowest BCUT2D eigenvalue weighted by atomic mass is 10.2. The van der Waals surface area contributed by atoms with Crippen LogP contribution in [0.4, 0.5) is 11.4 Å². The van der Waals surface area contributed by atoms with Crippen molar-refractivity contribution in [1.82, 2.24) is 0 Å². The van der Waals surface area contributed by atoms with Gasteiger partial charge in [0.15, 0.2) is 0 Å². The molecule has 0 spiro atoms. The Morgan fingerprint density at radius 1 is 1.13 bits per heavy atom. The zero-order valence-electron chi connectivity index (χ0n) is 13.1. The fraction of sp³-hybridized carbons (Fsp3) is 0.188. The van der Waals surface area contributed by atoms with E-state index in [1.807, 2.05) is 0 Å². The summed E-state index contributed by atoms with van der Waals surface area (Å²) in [7, 11) is -0.395. The van der Waals surface area contributed by atoms with Crippen molar-refractivity contribution in [3.63, 3.8) is 0 Å². The molecule has 2 aromatic carbocycles. The number of sulfonamides is 1. The highest BCUT2D eigenvalue weighted by atomic mass is 32.2. The molecular formula is C16H18N2O4S. The van der Waals surface area contributed by atoms with Gasteiger partial charge in [0.2, 0.25) is 10.0 Å². The van der Waals surface area contributed by atoms with Crippen LogP contribution in [0.15, 0.2) is 48.5 Å². The Kier molecular flexibility index (Phi) is 4.90. The molecule has 0 saturated carbocycles. The third-order valence-corrected chi connectivity index (χ3v) is 4.50. The van der Waals surface area contributed by atoms with Gasteiger partial charge in [-0.15, -0.1) is 0 Å². The highest BCUT2D eigenvalue weighted by Gasteiger charge is 2.14. The second kappa shape index (κ2) is 6.70. The predicted molar refractivity (Wildman–Crippen MR) is 90.6 cm³/mol. The molecule has 1 N–H and O–H groups in total. The molecule has 0 aliphatic heterocycles. The number of carbonyl (C=O) groups is 1. The second-order valence-electron chi connectivity index (χ2n) is 4.97. The monoisotopic (exact) mass is 334 g/mol. The molecule has 1 amide bonds. The Balaban J connectivity index is 2.23. The number of anilines is 2. The lowest BCUT2D eigenvalue weighted by Gasteiger charge is -2.17. The van der Waals surface area contributed by atoms with Crippen LogP contribution in [0.1, 0.15) is 10.4 Å². The average molecular weight is 334 g/mol. The van der Waals surface area contributed by atoms with Gasteiger partial charge in [-0.3, -0.25) is 9.10 Å². The topological polar surface area (TPSA) is 75.7 Å². The lowest BCUT2D eigenvalue weighted by Crippen LogP contribution is -2.25. The minimum atomic E-state index is -3.38. The molecule has 0 atom stereocenters. The van der Waals surface area contributed by atoms with Crippen molar-refractivity contribution in [2.24, 2.45) is 0 Å². The molecule has 2 rings (SSSR count). The first-order valence-corrected chi connectivity index (χ1v) is 8.65. The maximum absolute atomic E-state index is 12.3. The summed E-state index contributed by atoms with van der Waals surface area (Å²) in [4.78, 5) is 12.3. The molecule has 0 heterocycles. The van der Waals surface area contributed by atoms with Crippen LogP contribution in [0.3, 0.4) is 0 Å². The fourth-order valence-corrected chi connectivity index (χ4v) is 2.44. The number of benzene rings is 2. The fourth-order valence-electron chi connectivity index (χ4n) is 1.94. The normalized spacial score (nSPS) is 10.9. The minimum absolute atomic E-state index is 0.331. The van der Waals surface area contributed by atoms with Crippen LogP contribution in [-0.2, 0) is 10.0 Å². The molecule has 6 nitrogen and oxygen atoms in total. The third kappa shape index (κ3) is 4.23. The van der Waals surface area contributed by atoms with Gasteiger partial charge >= 0.3 is 0 Å². The van der Waals surface area contributed by atoms with E-state index >= 15 is 0 Å². The smallest absolute Gasteiger partial charge is 0.255 e. The van der Waals surface area contributed by atoms with Crippen LogP contribution in [-0.4, -0.2) is 34.7 Å². The van der Waals surface area contributed by atoms with Gasteiger partial charge in [-0.05, 0) is 30.3 Å². The largest absolute Gasteiger partial charge is 0.497 e. The van der Waals surface area contributed by atoms with Gasteiger partial charge in [0.25, 0.3) is 5.91 Å². The highest BCUT2D eigenvalue weighted by molar-refractivity contribution is 7.92. The van der Waals surface area contributed by atoms with Crippen LogP contribution in [0.25, 0.3) is 0 Å². The molecular weight excluding hydrogens is 316 g/mol. The average Bonchev–Trinajstić information content (AvgIpc) is 2.53. The summed E-state index contributed by atoms with van der Waals surface area (Å²) in [6.07, 6.45) is 1.11. The molecule has 0 aromatic heterocycles. The first kappa shape index (κ1) is 16.8. The molecule has 0 radical (unpaired) electrons. The van der Waals surface area contributed by atoms with Crippen molar-refractivity contribution < 1.29 is 17.9 Å². The first-order valence-electron chi connectivity index (χ1n) is 6.80. The summed E-state index contributed by atoms with van der Waals surface area (Å²) >= 11 is 0. The number of amides is 1. The molecule has 0 unspecified atom stereocenters. The summed E-state index contributed by atoms with van der Waals surface area (Å²) in [6.45, 7) is 0. The van der Waals surface area contributed by atoms with Crippen LogP contribution in [0, 0.1) is 0 Å². The van der Waals surface area contributed by atoms with Crippen molar-refractivity contribution in [2.45, 2.75) is 0 Å². The van der Waals surface area contributed by atoms with Crippen LogP contribution >= 0.6 is 0 Å². The Morgan fingerprint density at radius 2 is 1.83 bits per heavy atom. The number of ether oxygens (including phenoxy) is 1. The van der Waals surface area contributed by atoms with Gasteiger partial charge in [0, 0.05) is 24.4 Å². The molecule has 0 saturated heterocycles. The molecule has 0 fully saturated rings. The van der Waals surface area contributed by atoms with Gasteiger partial charge in [-0.1, -0.05) is 12.1 Å². The standard InChI is InChI=1S/C16H18N2O4S/c1-18(23(3,20)21)14-8-4-6-12(10-14)16(19)17-13-7-5-9-15(11-13)22-2/h4-11H,1-3H3,(H,17,19). The summed E-state index contributed by atoms with van der Waals surface area (Å²) in [5, 5.41) is 2.75. The molecule has 23 heavy (non-hydrogen) atoms. The Labute approximate surface area is 135 Å². The highest BCUT2D eigenvalue weighted by Crippen LogP contribution is 2.20. The van der Waals surface area contributed by atoms with Crippen LogP contribution in [0.5, 0.6) is 5.75 Å². The van der Waals surface area contributed by atoms with Crippen molar-refractivity contribution in [3.05, 3.63) is 54.1 Å². The second-order valence-corrected chi connectivity index (χ2v) is 6.98. The van der Waals surface area contributed by atoms with E-state index in [-0.39, 0.29) is 5.91 Å². The van der Waals surface area contributed by atoms with E-state index in [2.05, 4.69) is 5.32 Å². The molecule has 0 bridgehead atoms.